The van der Waals surface area contributed by atoms with E-state index in [2.05, 4.69) is 31.3 Å². The van der Waals surface area contributed by atoms with E-state index in [-0.39, 0.29) is 23.0 Å². The van der Waals surface area contributed by atoms with Gasteiger partial charge in [0.15, 0.2) is 0 Å². The van der Waals surface area contributed by atoms with Gasteiger partial charge in [0.05, 0.1) is 18.2 Å². The van der Waals surface area contributed by atoms with Crippen molar-refractivity contribution in [1.29, 1.82) is 0 Å². The second kappa shape index (κ2) is 9.94. The van der Waals surface area contributed by atoms with Crippen LogP contribution in [0.1, 0.15) is 64.4 Å². The lowest BCUT2D eigenvalue weighted by Crippen LogP contribution is -2.57. The van der Waals surface area contributed by atoms with Gasteiger partial charge in [0.25, 0.3) is 0 Å². The summed E-state index contributed by atoms with van der Waals surface area (Å²) in [6, 6.07) is 19.4. The van der Waals surface area contributed by atoms with Crippen LogP contribution in [0.25, 0.3) is 0 Å². The number of aliphatic hydroxyl groups excluding tert-OH is 1. The molecule has 0 heterocycles. The normalized spacial score (nSPS) is 35.1. The number of urea groups is 1. The number of benzene rings is 2. The van der Waals surface area contributed by atoms with Crippen LogP contribution in [0, 0.1) is 22.7 Å². The summed E-state index contributed by atoms with van der Waals surface area (Å²) in [6.07, 6.45) is 10.7. The highest BCUT2D eigenvalue weighted by Gasteiger charge is 2.62. The van der Waals surface area contributed by atoms with Crippen LogP contribution >= 0.6 is 0 Å². The Labute approximate surface area is 232 Å². The zero-order valence-electron chi connectivity index (χ0n) is 23.3. The number of aliphatic hydroxyl groups is 2. The molecule has 0 saturated heterocycles. The first-order valence-electron chi connectivity index (χ1n) is 14.7. The summed E-state index contributed by atoms with van der Waals surface area (Å²) in [5.74, 6) is 0.783. The molecule has 0 radical (unpaired) electrons. The molecule has 2 aromatic rings. The first kappa shape index (κ1) is 26.3. The second-order valence-corrected chi connectivity index (χ2v) is 12.9. The molecule has 3 saturated carbocycles. The van der Waals surface area contributed by atoms with E-state index in [0.29, 0.717) is 31.3 Å². The zero-order chi connectivity index (χ0) is 27.3. The number of fused-ring (bicyclic) bond motifs is 5. The molecule has 5 nitrogen and oxygen atoms in total. The smallest absolute Gasteiger partial charge is 0.322 e. The number of amides is 2. The molecular formula is C34H42N2O3. The molecular weight excluding hydrogens is 484 g/mol. The van der Waals surface area contributed by atoms with Crippen LogP contribution in [0.3, 0.4) is 0 Å². The minimum atomic E-state index is -0.972. The van der Waals surface area contributed by atoms with Crippen molar-refractivity contribution in [2.45, 2.75) is 77.0 Å². The molecule has 0 aliphatic heterocycles. The summed E-state index contributed by atoms with van der Waals surface area (Å²) < 4.78 is 0. The highest BCUT2D eigenvalue weighted by Crippen LogP contribution is 2.66. The van der Waals surface area contributed by atoms with Crippen molar-refractivity contribution in [2.24, 2.45) is 22.7 Å². The Hall–Kier alpha value is -2.89. The summed E-state index contributed by atoms with van der Waals surface area (Å²) in [5.41, 5.74) is 3.54. The highest BCUT2D eigenvalue weighted by molar-refractivity contribution is 5.89. The molecule has 4 aliphatic carbocycles. The minimum absolute atomic E-state index is 0.111. The summed E-state index contributed by atoms with van der Waals surface area (Å²) >= 11 is 0. The molecule has 5 heteroatoms. The fourth-order valence-electron chi connectivity index (χ4n) is 8.40. The van der Waals surface area contributed by atoms with Gasteiger partial charge in [-0.3, -0.25) is 0 Å². The number of carbonyl (C=O) groups excluding carboxylic acids is 1. The third-order valence-electron chi connectivity index (χ3n) is 10.8. The molecule has 3 fully saturated rings. The van der Waals surface area contributed by atoms with Crippen molar-refractivity contribution >= 4 is 11.7 Å². The van der Waals surface area contributed by atoms with E-state index in [1.165, 1.54) is 11.1 Å². The van der Waals surface area contributed by atoms with Crippen LogP contribution in [0.5, 0.6) is 0 Å². The molecule has 6 rings (SSSR count). The molecule has 0 unspecified atom stereocenters. The quantitative estimate of drug-likeness (QED) is 0.406. The number of nitrogens with one attached hydrogen (secondary N) is 1. The monoisotopic (exact) mass is 526 g/mol. The third-order valence-corrected chi connectivity index (χ3v) is 10.8. The maximum Gasteiger partial charge on any atom is 0.322 e. The van der Waals surface area contributed by atoms with E-state index >= 15 is 0 Å². The predicted molar refractivity (Wildman–Crippen MR) is 155 cm³/mol. The Morgan fingerprint density at radius 2 is 1.62 bits per heavy atom. The Kier molecular flexibility index (Phi) is 6.71. The van der Waals surface area contributed by atoms with Gasteiger partial charge in [-0.05, 0) is 79.9 Å². The number of hydrogen-bond acceptors (Lipinski definition) is 3. The first-order valence-corrected chi connectivity index (χ1v) is 14.7. The Bertz CT molecular complexity index is 1270. The number of carbonyl (C=O) groups is 1. The molecule has 0 bridgehead atoms. The molecule has 206 valence electrons. The molecule has 3 N–H and O–H groups in total. The van der Waals surface area contributed by atoms with Gasteiger partial charge in [0.2, 0.25) is 0 Å². The number of para-hydroxylation sites is 1. The van der Waals surface area contributed by atoms with Crippen molar-refractivity contribution in [1.82, 2.24) is 4.90 Å². The average molecular weight is 527 g/mol. The Balaban J connectivity index is 1.28. The van der Waals surface area contributed by atoms with E-state index in [9.17, 15) is 15.0 Å². The molecule has 2 amide bonds. The molecule has 4 aliphatic rings. The average Bonchev–Trinajstić information content (AvgIpc) is 3.20. The molecule has 0 aromatic heterocycles. The van der Waals surface area contributed by atoms with Crippen molar-refractivity contribution in [3.63, 3.8) is 0 Å². The van der Waals surface area contributed by atoms with Gasteiger partial charge in [0, 0.05) is 17.6 Å². The lowest BCUT2D eigenvalue weighted by atomic mass is 9.50. The SMILES string of the molecule is C[C@]12CC[C@H](O)CC1=CC=C1[C@@H]2CC[C@@]2(C)[C@H]1CC[C@@]2(O)CN(Cc1ccccc1)C(=O)Nc1ccccc1. The number of nitrogens with zero attached hydrogens (tertiary/aromatic N) is 1. The standard InChI is InChI=1S/C34H42N2O3/c1-32-18-15-27(37)21-25(32)13-14-28-29(32)16-19-33(2)30(28)17-20-34(33,39)23-36(22-24-9-5-3-6-10-24)31(38)35-26-11-7-4-8-12-26/h3-14,27,29-30,37,39H,15-23H2,1-2H3,(H,35,38)/t27-,29-,30-,32-,33-,34+/m0/s1. The van der Waals surface area contributed by atoms with Crippen LogP contribution in [-0.2, 0) is 6.54 Å². The van der Waals surface area contributed by atoms with Crippen LogP contribution in [0.4, 0.5) is 10.5 Å². The topological polar surface area (TPSA) is 72.8 Å². The van der Waals surface area contributed by atoms with Gasteiger partial charge >= 0.3 is 6.03 Å². The van der Waals surface area contributed by atoms with Crippen LogP contribution < -0.4 is 5.32 Å². The first-order chi connectivity index (χ1) is 18.7. The van der Waals surface area contributed by atoms with Crippen molar-refractivity contribution in [2.75, 3.05) is 11.9 Å². The van der Waals surface area contributed by atoms with E-state index in [1.54, 1.807) is 4.90 Å². The van der Waals surface area contributed by atoms with Gasteiger partial charge < -0.3 is 20.4 Å². The van der Waals surface area contributed by atoms with Crippen molar-refractivity contribution < 1.29 is 15.0 Å². The van der Waals surface area contributed by atoms with E-state index in [0.717, 1.165) is 49.8 Å². The van der Waals surface area contributed by atoms with E-state index in [1.807, 2.05) is 60.7 Å². The molecule has 0 spiro atoms. The van der Waals surface area contributed by atoms with Gasteiger partial charge in [-0.15, -0.1) is 0 Å². The Morgan fingerprint density at radius 3 is 2.36 bits per heavy atom. The number of hydrogen-bond donors (Lipinski definition) is 3. The van der Waals surface area contributed by atoms with Crippen LogP contribution in [0.2, 0.25) is 0 Å². The fourth-order valence-corrected chi connectivity index (χ4v) is 8.40. The van der Waals surface area contributed by atoms with Crippen LogP contribution in [0.15, 0.2) is 84.0 Å². The lowest BCUT2D eigenvalue weighted by Gasteiger charge is -2.56. The second-order valence-electron chi connectivity index (χ2n) is 12.9. The summed E-state index contributed by atoms with van der Waals surface area (Å²) in [6.45, 7) is 5.42. The van der Waals surface area contributed by atoms with Crippen LogP contribution in [-0.4, -0.2) is 39.4 Å². The summed E-state index contributed by atoms with van der Waals surface area (Å²) in [4.78, 5) is 15.4. The molecule has 2 aromatic carbocycles. The Morgan fingerprint density at radius 1 is 0.923 bits per heavy atom. The van der Waals surface area contributed by atoms with Crippen molar-refractivity contribution in [3.05, 3.63) is 89.5 Å². The highest BCUT2D eigenvalue weighted by atomic mass is 16.3. The van der Waals surface area contributed by atoms with Gasteiger partial charge in [-0.2, -0.15) is 0 Å². The maximum atomic E-state index is 13.6. The summed E-state index contributed by atoms with van der Waals surface area (Å²) in [7, 11) is 0. The zero-order valence-corrected chi connectivity index (χ0v) is 23.3. The largest absolute Gasteiger partial charge is 0.393 e. The van der Waals surface area contributed by atoms with Gasteiger partial charge in [-0.1, -0.05) is 85.7 Å². The third kappa shape index (κ3) is 4.54. The predicted octanol–water partition coefficient (Wildman–Crippen LogP) is 6.70. The van der Waals surface area contributed by atoms with Crippen molar-refractivity contribution in [3.8, 4) is 0 Å². The van der Waals surface area contributed by atoms with E-state index in [4.69, 9.17) is 0 Å². The van der Waals surface area contributed by atoms with Gasteiger partial charge in [0.1, 0.15) is 0 Å². The number of rotatable bonds is 5. The van der Waals surface area contributed by atoms with Gasteiger partial charge in [-0.25, -0.2) is 4.79 Å². The number of anilines is 1. The fraction of sp³-hybridized carbons (Fsp3) is 0.500. The maximum absolute atomic E-state index is 13.6. The molecule has 39 heavy (non-hydrogen) atoms. The lowest BCUT2D eigenvalue weighted by molar-refractivity contribution is -0.0967. The molecule has 6 atom stereocenters. The van der Waals surface area contributed by atoms with E-state index < -0.39 is 5.60 Å². The summed E-state index contributed by atoms with van der Waals surface area (Å²) in [5, 5.41) is 25.8. The number of allylic oxidation sites excluding steroid dienone is 3. The minimum Gasteiger partial charge on any atom is -0.393 e.